The van der Waals surface area contributed by atoms with Gasteiger partial charge in [0, 0.05) is 32.0 Å². The van der Waals surface area contributed by atoms with Crippen molar-refractivity contribution in [3.8, 4) is 0 Å². The van der Waals surface area contributed by atoms with Gasteiger partial charge in [-0.05, 0) is 30.0 Å². The molecule has 0 aliphatic heterocycles. The summed E-state index contributed by atoms with van der Waals surface area (Å²) in [6.07, 6.45) is 2.68. The Bertz CT molecular complexity index is 469. The monoisotopic (exact) mass is 293 g/mol. The van der Waals surface area contributed by atoms with Gasteiger partial charge in [0.2, 0.25) is 0 Å². The molecule has 1 aromatic carbocycles. The van der Waals surface area contributed by atoms with Gasteiger partial charge in [0.1, 0.15) is 0 Å². The van der Waals surface area contributed by atoms with Crippen molar-refractivity contribution >= 4 is 6.08 Å². The van der Waals surface area contributed by atoms with Crippen molar-refractivity contribution < 1.29 is 14.9 Å². The normalized spacial score (nSPS) is 13.2. The van der Waals surface area contributed by atoms with E-state index in [0.29, 0.717) is 5.56 Å². The first-order chi connectivity index (χ1) is 10.1. The van der Waals surface area contributed by atoms with E-state index >= 15 is 0 Å². The highest BCUT2D eigenvalue weighted by atomic mass is 16.5. The van der Waals surface area contributed by atoms with Crippen LogP contribution in [-0.4, -0.2) is 42.4 Å². The Kier molecular flexibility index (Phi) is 7.43. The second-order valence-electron chi connectivity index (χ2n) is 4.88. The van der Waals surface area contributed by atoms with Crippen LogP contribution in [0.1, 0.15) is 43.2 Å². The molecule has 0 unspecified atom stereocenters. The van der Waals surface area contributed by atoms with Crippen LogP contribution in [0.2, 0.25) is 0 Å². The summed E-state index contributed by atoms with van der Waals surface area (Å²) in [6.45, 7) is 5.60. The lowest BCUT2D eigenvalue weighted by Gasteiger charge is -2.26. The van der Waals surface area contributed by atoms with Crippen molar-refractivity contribution in [2.24, 2.45) is 0 Å². The molecule has 0 bridgehead atoms. The molecule has 0 saturated carbocycles. The first-order valence-electron chi connectivity index (χ1n) is 7.51. The zero-order valence-electron chi connectivity index (χ0n) is 13.5. The molecular formula is C17H27NO3. The molecule has 21 heavy (non-hydrogen) atoms. The number of rotatable bonds is 5. The lowest BCUT2D eigenvalue weighted by atomic mass is 9.93. The molecule has 0 spiro atoms. The number of allylic oxidation sites excluding steroid dienone is 1. The van der Waals surface area contributed by atoms with Crippen LogP contribution in [0, 0.1) is 0 Å². The van der Waals surface area contributed by atoms with Gasteiger partial charge < -0.3 is 19.8 Å². The summed E-state index contributed by atoms with van der Waals surface area (Å²) in [6, 6.07) is 5.59. The summed E-state index contributed by atoms with van der Waals surface area (Å²) in [5.41, 5.74) is 4.19. The topological polar surface area (TPSA) is 52.9 Å². The van der Waals surface area contributed by atoms with Crippen molar-refractivity contribution in [2.75, 3.05) is 27.3 Å². The van der Waals surface area contributed by atoms with E-state index < -0.39 is 6.29 Å². The Morgan fingerprint density at radius 3 is 2.57 bits per heavy atom. The van der Waals surface area contributed by atoms with Gasteiger partial charge in [-0.2, -0.15) is 0 Å². The smallest absolute Gasteiger partial charge is 0.178 e. The lowest BCUT2D eigenvalue weighted by Crippen LogP contribution is -2.23. The van der Waals surface area contributed by atoms with Gasteiger partial charge in [0.05, 0.1) is 6.61 Å². The number of hydrogen-bond donors (Lipinski definition) is 2. The minimum Gasteiger partial charge on any atom is -0.383 e. The zero-order chi connectivity index (χ0) is 15.8. The van der Waals surface area contributed by atoms with Gasteiger partial charge in [0.25, 0.3) is 0 Å². The van der Waals surface area contributed by atoms with Crippen LogP contribution in [0.5, 0.6) is 0 Å². The minimum absolute atomic E-state index is 0.559. The van der Waals surface area contributed by atoms with Crippen molar-refractivity contribution in [3.63, 3.8) is 0 Å². The summed E-state index contributed by atoms with van der Waals surface area (Å²) < 4.78 is 5.09. The average molecular weight is 293 g/mol. The standard InChI is InChI=1S/C15H21NO3.C2H6/c1-16(7-8-19-2)14-6-5-11-9-13(15(17)18)4-3-12(11)10-14;1-2/h3-4,9-10,15,17-18H,5-8H2,1-2H3;1-2H3. The maximum absolute atomic E-state index is 9.18. The average Bonchev–Trinajstić information content (AvgIpc) is 2.53. The maximum atomic E-state index is 9.18. The SMILES string of the molecule is CC.COCCN(C)C1=Cc2ccc(C(O)O)cc2CC1. The van der Waals surface area contributed by atoms with Crippen LogP contribution >= 0.6 is 0 Å². The number of fused-ring (bicyclic) bond motifs is 1. The highest BCUT2D eigenvalue weighted by molar-refractivity contribution is 5.59. The molecule has 2 N–H and O–H groups in total. The van der Waals surface area contributed by atoms with Crippen molar-refractivity contribution in [1.29, 1.82) is 0 Å². The predicted octanol–water partition coefficient (Wildman–Crippen LogP) is 2.56. The molecule has 0 radical (unpaired) electrons. The van der Waals surface area contributed by atoms with Gasteiger partial charge in [0.15, 0.2) is 6.29 Å². The fraction of sp³-hybridized carbons (Fsp3) is 0.529. The van der Waals surface area contributed by atoms with Crippen LogP contribution in [0.4, 0.5) is 0 Å². The highest BCUT2D eigenvalue weighted by Gasteiger charge is 2.15. The largest absolute Gasteiger partial charge is 0.383 e. The summed E-state index contributed by atoms with van der Waals surface area (Å²) >= 11 is 0. The third-order valence-corrected chi connectivity index (χ3v) is 3.56. The second kappa shape index (κ2) is 8.82. The van der Waals surface area contributed by atoms with Crippen LogP contribution < -0.4 is 0 Å². The van der Waals surface area contributed by atoms with E-state index in [1.54, 1.807) is 13.2 Å². The minimum atomic E-state index is -1.39. The molecule has 1 aliphatic carbocycles. The third-order valence-electron chi connectivity index (χ3n) is 3.56. The molecule has 0 heterocycles. The summed E-state index contributed by atoms with van der Waals surface area (Å²) in [5.74, 6) is 0. The Morgan fingerprint density at radius 2 is 1.95 bits per heavy atom. The first-order valence-corrected chi connectivity index (χ1v) is 7.51. The second-order valence-corrected chi connectivity index (χ2v) is 4.88. The lowest BCUT2D eigenvalue weighted by molar-refractivity contribution is -0.0425. The Balaban J connectivity index is 0.00000106. The number of methoxy groups -OCH3 is 1. The van der Waals surface area contributed by atoms with Gasteiger partial charge in [-0.3, -0.25) is 0 Å². The molecule has 4 heteroatoms. The molecule has 0 atom stereocenters. The maximum Gasteiger partial charge on any atom is 0.178 e. The summed E-state index contributed by atoms with van der Waals surface area (Å²) in [7, 11) is 3.78. The van der Waals surface area contributed by atoms with E-state index in [4.69, 9.17) is 4.74 Å². The molecule has 0 amide bonds. The van der Waals surface area contributed by atoms with E-state index in [1.165, 1.54) is 11.3 Å². The number of aliphatic hydroxyl groups excluding tert-OH is 1. The zero-order valence-corrected chi connectivity index (χ0v) is 13.5. The summed E-state index contributed by atoms with van der Waals surface area (Å²) in [5, 5.41) is 18.4. The molecule has 1 aromatic rings. The van der Waals surface area contributed by atoms with E-state index in [9.17, 15) is 10.2 Å². The van der Waals surface area contributed by atoms with Gasteiger partial charge in [-0.25, -0.2) is 0 Å². The Labute approximate surface area is 127 Å². The third kappa shape index (κ3) is 4.84. The molecule has 4 nitrogen and oxygen atoms in total. The molecule has 0 saturated heterocycles. The number of ether oxygens (including phenoxy) is 1. The molecule has 118 valence electrons. The van der Waals surface area contributed by atoms with E-state index in [2.05, 4.69) is 18.0 Å². The van der Waals surface area contributed by atoms with Crippen LogP contribution in [-0.2, 0) is 11.2 Å². The van der Waals surface area contributed by atoms with Crippen LogP contribution in [0.25, 0.3) is 6.08 Å². The van der Waals surface area contributed by atoms with E-state index in [0.717, 1.165) is 31.6 Å². The van der Waals surface area contributed by atoms with Crippen molar-refractivity contribution in [2.45, 2.75) is 33.0 Å². The molecule has 1 aliphatic rings. The number of hydrogen-bond acceptors (Lipinski definition) is 4. The highest BCUT2D eigenvalue weighted by Crippen LogP contribution is 2.27. The van der Waals surface area contributed by atoms with Gasteiger partial charge in [-0.15, -0.1) is 0 Å². The molecular weight excluding hydrogens is 266 g/mol. The number of aliphatic hydroxyl groups is 2. The first kappa shape index (κ1) is 17.7. The molecule has 0 aromatic heterocycles. The predicted molar refractivity (Wildman–Crippen MR) is 85.8 cm³/mol. The summed E-state index contributed by atoms with van der Waals surface area (Å²) in [4.78, 5) is 2.21. The number of benzene rings is 1. The van der Waals surface area contributed by atoms with Crippen LogP contribution in [0.15, 0.2) is 23.9 Å². The van der Waals surface area contributed by atoms with Crippen molar-refractivity contribution in [1.82, 2.24) is 4.90 Å². The number of likely N-dealkylation sites (N-methyl/N-ethyl adjacent to an activating group) is 1. The van der Waals surface area contributed by atoms with E-state index in [-0.39, 0.29) is 0 Å². The fourth-order valence-corrected chi connectivity index (χ4v) is 2.33. The molecule has 2 rings (SSSR count). The van der Waals surface area contributed by atoms with Gasteiger partial charge >= 0.3 is 0 Å². The fourth-order valence-electron chi connectivity index (χ4n) is 2.33. The van der Waals surface area contributed by atoms with Gasteiger partial charge in [-0.1, -0.05) is 32.0 Å². The number of aryl methyl sites for hydroxylation is 1. The number of nitrogens with zero attached hydrogens (tertiary/aromatic N) is 1. The van der Waals surface area contributed by atoms with E-state index in [1.807, 2.05) is 26.0 Å². The van der Waals surface area contributed by atoms with Crippen molar-refractivity contribution in [3.05, 3.63) is 40.6 Å². The Hall–Kier alpha value is -1.36. The quantitative estimate of drug-likeness (QED) is 0.819. The van der Waals surface area contributed by atoms with Crippen LogP contribution in [0.3, 0.4) is 0 Å². The Morgan fingerprint density at radius 1 is 1.24 bits per heavy atom. The molecule has 0 fully saturated rings.